The minimum absolute atomic E-state index is 0.524. The third-order valence-corrected chi connectivity index (χ3v) is 3.71. The van der Waals surface area contributed by atoms with Gasteiger partial charge in [0.1, 0.15) is 0 Å². The number of benzene rings is 1. The van der Waals surface area contributed by atoms with Crippen molar-refractivity contribution in [3.8, 4) is 0 Å². The minimum atomic E-state index is 0.524. The zero-order chi connectivity index (χ0) is 11.8. The van der Waals surface area contributed by atoms with Crippen molar-refractivity contribution in [3.63, 3.8) is 0 Å². The van der Waals surface area contributed by atoms with Gasteiger partial charge in [0, 0.05) is 11.7 Å². The van der Waals surface area contributed by atoms with Gasteiger partial charge in [0.15, 0.2) is 0 Å². The molecule has 0 spiro atoms. The lowest BCUT2D eigenvalue weighted by atomic mass is 9.92. The highest BCUT2D eigenvalue weighted by molar-refractivity contribution is 5.52. The molecule has 1 unspecified atom stereocenters. The first-order chi connectivity index (χ1) is 7.46. The van der Waals surface area contributed by atoms with Crippen LogP contribution in [0.4, 0.5) is 5.69 Å². The fourth-order valence-electron chi connectivity index (χ4n) is 2.75. The number of hydrogen-bond acceptors (Lipinski definition) is 1. The molecule has 1 aliphatic rings. The molecular weight excluding hydrogens is 194 g/mol. The van der Waals surface area contributed by atoms with Crippen LogP contribution in [0.25, 0.3) is 0 Å². The fourth-order valence-corrected chi connectivity index (χ4v) is 2.75. The first kappa shape index (κ1) is 11.5. The smallest absolute Gasteiger partial charge is 0.0372 e. The zero-order valence-electron chi connectivity index (χ0n) is 10.9. The summed E-state index contributed by atoms with van der Waals surface area (Å²) < 4.78 is 0. The van der Waals surface area contributed by atoms with Crippen molar-refractivity contribution in [2.45, 2.75) is 53.0 Å². The lowest BCUT2D eigenvalue weighted by Gasteiger charge is -2.19. The lowest BCUT2D eigenvalue weighted by Crippen LogP contribution is -2.18. The Bertz CT molecular complexity index is 379. The lowest BCUT2D eigenvalue weighted by molar-refractivity contribution is 0.378. The number of nitrogens with one attached hydrogen (secondary N) is 1. The van der Waals surface area contributed by atoms with E-state index in [4.69, 9.17) is 0 Å². The Morgan fingerprint density at radius 2 is 2.00 bits per heavy atom. The van der Waals surface area contributed by atoms with Crippen LogP contribution in [0.15, 0.2) is 18.2 Å². The summed E-state index contributed by atoms with van der Waals surface area (Å²) >= 11 is 0. The summed E-state index contributed by atoms with van der Waals surface area (Å²) in [4.78, 5) is 0. The average Bonchev–Trinajstić information content (AvgIpc) is 2.51. The van der Waals surface area contributed by atoms with Crippen molar-refractivity contribution >= 4 is 5.69 Å². The molecule has 1 aromatic carbocycles. The Balaban J connectivity index is 2.05. The van der Waals surface area contributed by atoms with Gasteiger partial charge in [0.05, 0.1) is 0 Å². The third kappa shape index (κ3) is 2.58. The molecular formula is C15H23N. The largest absolute Gasteiger partial charge is 0.382 e. The van der Waals surface area contributed by atoms with Crippen LogP contribution in [0, 0.1) is 19.3 Å². The quantitative estimate of drug-likeness (QED) is 0.779. The van der Waals surface area contributed by atoms with E-state index < -0.39 is 0 Å². The van der Waals surface area contributed by atoms with Gasteiger partial charge in [-0.25, -0.2) is 0 Å². The van der Waals surface area contributed by atoms with Crippen LogP contribution < -0.4 is 5.32 Å². The molecule has 1 fully saturated rings. The Kier molecular flexibility index (Phi) is 2.96. The molecule has 1 saturated carbocycles. The summed E-state index contributed by atoms with van der Waals surface area (Å²) in [5.41, 5.74) is 4.55. The SMILES string of the molecule is Cc1ccc(NC2CCC(C)(C)C2)c(C)c1. The summed E-state index contributed by atoms with van der Waals surface area (Å²) in [6.45, 7) is 9.08. The molecule has 0 saturated heterocycles. The topological polar surface area (TPSA) is 12.0 Å². The van der Waals surface area contributed by atoms with Crippen LogP contribution >= 0.6 is 0 Å². The van der Waals surface area contributed by atoms with Crippen LogP contribution in [-0.2, 0) is 0 Å². The summed E-state index contributed by atoms with van der Waals surface area (Å²) in [6.07, 6.45) is 3.94. The maximum absolute atomic E-state index is 3.69. The molecule has 1 aromatic rings. The Morgan fingerprint density at radius 1 is 1.25 bits per heavy atom. The van der Waals surface area contributed by atoms with E-state index in [9.17, 15) is 0 Å². The number of rotatable bonds is 2. The molecule has 1 aliphatic carbocycles. The van der Waals surface area contributed by atoms with E-state index in [1.165, 1.54) is 36.1 Å². The normalized spacial score (nSPS) is 23.4. The zero-order valence-corrected chi connectivity index (χ0v) is 10.9. The van der Waals surface area contributed by atoms with E-state index in [-0.39, 0.29) is 0 Å². The summed E-state index contributed by atoms with van der Waals surface area (Å²) in [5.74, 6) is 0. The minimum Gasteiger partial charge on any atom is -0.382 e. The number of anilines is 1. The fraction of sp³-hybridized carbons (Fsp3) is 0.600. The van der Waals surface area contributed by atoms with Gasteiger partial charge in [0.2, 0.25) is 0 Å². The molecule has 0 radical (unpaired) electrons. The summed E-state index contributed by atoms with van der Waals surface area (Å²) in [5, 5.41) is 3.69. The molecule has 0 aliphatic heterocycles. The highest BCUT2D eigenvalue weighted by atomic mass is 14.9. The van der Waals surface area contributed by atoms with Gasteiger partial charge in [-0.1, -0.05) is 31.5 Å². The van der Waals surface area contributed by atoms with Gasteiger partial charge in [0.25, 0.3) is 0 Å². The number of hydrogen-bond donors (Lipinski definition) is 1. The maximum Gasteiger partial charge on any atom is 0.0372 e. The van der Waals surface area contributed by atoms with Crippen LogP contribution in [-0.4, -0.2) is 6.04 Å². The first-order valence-electron chi connectivity index (χ1n) is 6.30. The van der Waals surface area contributed by atoms with Crippen LogP contribution in [0.1, 0.15) is 44.2 Å². The van der Waals surface area contributed by atoms with E-state index in [1.807, 2.05) is 0 Å². The predicted molar refractivity (Wildman–Crippen MR) is 71.0 cm³/mol. The third-order valence-electron chi connectivity index (χ3n) is 3.71. The van der Waals surface area contributed by atoms with Gasteiger partial charge in [-0.2, -0.15) is 0 Å². The molecule has 1 heteroatoms. The monoisotopic (exact) mass is 217 g/mol. The molecule has 88 valence electrons. The molecule has 0 amide bonds. The second-order valence-corrected chi connectivity index (χ2v) is 6.07. The van der Waals surface area contributed by atoms with Crippen molar-refractivity contribution in [1.29, 1.82) is 0 Å². The molecule has 0 aromatic heterocycles. The van der Waals surface area contributed by atoms with Gasteiger partial charge >= 0.3 is 0 Å². The number of aryl methyl sites for hydroxylation is 2. The highest BCUT2D eigenvalue weighted by Gasteiger charge is 2.30. The maximum atomic E-state index is 3.69. The van der Waals surface area contributed by atoms with Crippen LogP contribution in [0.2, 0.25) is 0 Å². The van der Waals surface area contributed by atoms with E-state index in [0.717, 1.165) is 0 Å². The van der Waals surface area contributed by atoms with E-state index in [2.05, 4.69) is 51.2 Å². The van der Waals surface area contributed by atoms with Crippen molar-refractivity contribution in [2.75, 3.05) is 5.32 Å². The van der Waals surface area contributed by atoms with Gasteiger partial charge in [-0.15, -0.1) is 0 Å². The molecule has 16 heavy (non-hydrogen) atoms. The van der Waals surface area contributed by atoms with Crippen LogP contribution in [0.3, 0.4) is 0 Å². The van der Waals surface area contributed by atoms with E-state index in [0.29, 0.717) is 11.5 Å². The average molecular weight is 217 g/mol. The standard InChI is InChI=1S/C15H23N/c1-11-5-6-14(12(2)9-11)16-13-7-8-15(3,4)10-13/h5-6,9,13,16H,7-8,10H2,1-4H3. The molecule has 1 N–H and O–H groups in total. The van der Waals surface area contributed by atoms with Crippen LogP contribution in [0.5, 0.6) is 0 Å². The van der Waals surface area contributed by atoms with Gasteiger partial charge in [-0.05, 0) is 50.2 Å². The highest BCUT2D eigenvalue weighted by Crippen LogP contribution is 2.38. The second kappa shape index (κ2) is 4.12. The van der Waals surface area contributed by atoms with Crippen molar-refractivity contribution < 1.29 is 0 Å². The van der Waals surface area contributed by atoms with E-state index in [1.54, 1.807) is 0 Å². The predicted octanol–water partition coefficient (Wildman–Crippen LogP) is 4.29. The Morgan fingerprint density at radius 3 is 2.56 bits per heavy atom. The van der Waals surface area contributed by atoms with E-state index >= 15 is 0 Å². The Hall–Kier alpha value is -0.980. The molecule has 0 bridgehead atoms. The molecule has 1 atom stereocenters. The van der Waals surface area contributed by atoms with Crippen molar-refractivity contribution in [2.24, 2.45) is 5.41 Å². The molecule has 1 nitrogen and oxygen atoms in total. The first-order valence-corrected chi connectivity index (χ1v) is 6.30. The van der Waals surface area contributed by atoms with Crippen molar-refractivity contribution in [3.05, 3.63) is 29.3 Å². The van der Waals surface area contributed by atoms with Gasteiger partial charge < -0.3 is 5.32 Å². The summed E-state index contributed by atoms with van der Waals surface area (Å²) in [6, 6.07) is 7.32. The van der Waals surface area contributed by atoms with Crippen molar-refractivity contribution in [1.82, 2.24) is 0 Å². The molecule has 0 heterocycles. The van der Waals surface area contributed by atoms with Gasteiger partial charge in [-0.3, -0.25) is 0 Å². The second-order valence-electron chi connectivity index (χ2n) is 6.07. The Labute approximate surface area is 99.3 Å². The molecule has 2 rings (SSSR count). The summed E-state index contributed by atoms with van der Waals surface area (Å²) in [7, 11) is 0.